The Balaban J connectivity index is 1.45. The van der Waals surface area contributed by atoms with E-state index < -0.39 is 78.2 Å². The lowest BCUT2D eigenvalue weighted by atomic mass is 9.68. The van der Waals surface area contributed by atoms with Crippen molar-refractivity contribution in [2.45, 2.75) is 132 Å². The van der Waals surface area contributed by atoms with Gasteiger partial charge in [-0.1, -0.05) is 141 Å². The number of benzene rings is 6. The Morgan fingerprint density at radius 3 is 1.92 bits per heavy atom. The second kappa shape index (κ2) is 17.9. The van der Waals surface area contributed by atoms with Crippen molar-refractivity contribution in [3.8, 4) is 67.5 Å². The van der Waals surface area contributed by atoms with Crippen LogP contribution < -0.4 is 0 Å². The molecule has 6 aromatic carbocycles. The molecule has 4 nitrogen and oxygen atoms in total. The van der Waals surface area contributed by atoms with Gasteiger partial charge in [0.2, 0.25) is 0 Å². The van der Waals surface area contributed by atoms with Gasteiger partial charge in [0.1, 0.15) is 11.6 Å². The molecule has 0 bridgehead atoms. The van der Waals surface area contributed by atoms with Crippen molar-refractivity contribution < 1.29 is 22.9 Å². The summed E-state index contributed by atoms with van der Waals surface area (Å²) >= 11 is 0. The number of hydrogen-bond acceptors (Lipinski definition) is 3. The van der Waals surface area contributed by atoms with Gasteiger partial charge in [-0.3, -0.25) is 9.55 Å². The minimum atomic E-state index is -2.99. The maximum atomic E-state index is 12.0. The first-order valence-electron chi connectivity index (χ1n) is 29.6. The lowest BCUT2D eigenvalue weighted by Gasteiger charge is -2.36. The fourth-order valence-corrected chi connectivity index (χ4v) is 9.27. The van der Waals surface area contributed by atoms with Crippen LogP contribution in [0.1, 0.15) is 145 Å². The molecule has 4 heteroatoms. The summed E-state index contributed by atoms with van der Waals surface area (Å²) < 4.78 is 116. The van der Waals surface area contributed by atoms with Crippen molar-refractivity contribution in [3.63, 3.8) is 0 Å². The molecule has 0 amide bonds. The quantitative estimate of drug-likeness (QED) is 0.133. The Labute approximate surface area is 413 Å². The van der Waals surface area contributed by atoms with Crippen LogP contribution in [0.4, 0.5) is 0 Å². The molecule has 0 radical (unpaired) electrons. The summed E-state index contributed by atoms with van der Waals surface area (Å²) in [5.74, 6) is 0.272. The monoisotopic (exact) mass is 885 g/mol. The number of imidazole rings is 1. The Morgan fingerprint density at radius 1 is 0.621 bits per heavy atom. The van der Waals surface area contributed by atoms with Crippen LogP contribution in [0.3, 0.4) is 0 Å². The van der Waals surface area contributed by atoms with Crippen molar-refractivity contribution in [1.82, 2.24) is 14.5 Å². The predicted molar refractivity (Wildman–Crippen MR) is 281 cm³/mol. The molecule has 338 valence electrons. The molecule has 0 aliphatic rings. The number of hydrogen-bond donors (Lipinski definition) is 1. The largest absolute Gasteiger partial charge is 0.507 e. The molecule has 0 unspecified atom stereocenters. The highest BCUT2D eigenvalue weighted by atomic mass is 16.3. The summed E-state index contributed by atoms with van der Waals surface area (Å²) in [6, 6.07) is 22.7. The molecule has 0 fully saturated rings. The first-order valence-corrected chi connectivity index (χ1v) is 23.1. The number of aromatic hydroxyl groups is 1. The molecular weight excluding hydrogens is 803 g/mol. The van der Waals surface area contributed by atoms with Gasteiger partial charge in [0.15, 0.2) is 0 Å². The van der Waals surface area contributed by atoms with Crippen molar-refractivity contribution in [2.75, 3.05) is 0 Å². The SMILES string of the molecule is [2H]c1nc(-c2cc(-c3cccc4c3nc(-c3cc(C)cc(C)c3O)n4-c3ccc(-c4c(C(C)(CC)CC)cccc4C(C)(CC)CC)cc3C([2H])([2H])[2H])cc(C(C)(C)C)c2)c([2H])c(-c2c([2H])c([2H])c(C([2H])([2H])[2H])c([2H])c2[2H])c1[2H]. The number of phenolic OH excluding ortho intramolecular Hbond substituents is 1. The van der Waals surface area contributed by atoms with Crippen molar-refractivity contribution in [3.05, 3.63) is 166 Å². The maximum Gasteiger partial charge on any atom is 0.149 e. The molecular formula is C62H69N3O. The van der Waals surface area contributed by atoms with Gasteiger partial charge in [-0.2, -0.15) is 0 Å². The van der Waals surface area contributed by atoms with E-state index in [0.717, 1.165) is 59.1 Å². The summed E-state index contributed by atoms with van der Waals surface area (Å²) in [5.41, 5.74) is 6.93. The van der Waals surface area contributed by atoms with E-state index in [2.05, 4.69) is 64.7 Å². The maximum absolute atomic E-state index is 12.0. The number of rotatable bonds is 12. The van der Waals surface area contributed by atoms with Gasteiger partial charge >= 0.3 is 0 Å². The average molecular weight is 885 g/mol. The van der Waals surface area contributed by atoms with Gasteiger partial charge in [0.25, 0.3) is 0 Å². The van der Waals surface area contributed by atoms with Gasteiger partial charge in [-0.05, 0) is 179 Å². The van der Waals surface area contributed by atoms with Gasteiger partial charge in [-0.15, -0.1) is 0 Å². The highest BCUT2D eigenvalue weighted by Crippen LogP contribution is 2.47. The van der Waals surface area contributed by atoms with Crippen molar-refractivity contribution in [2.24, 2.45) is 0 Å². The van der Waals surface area contributed by atoms with E-state index in [1.54, 1.807) is 13.0 Å². The van der Waals surface area contributed by atoms with E-state index in [9.17, 15) is 10.6 Å². The Bertz CT molecular complexity index is 3660. The summed E-state index contributed by atoms with van der Waals surface area (Å²) in [7, 11) is 0. The normalized spacial score (nSPS) is 15.5. The average Bonchev–Trinajstić information content (AvgIpc) is 4.04. The number of pyridine rings is 1. The highest BCUT2D eigenvalue weighted by molar-refractivity contribution is 5.97. The number of fused-ring (bicyclic) bond motifs is 1. The van der Waals surface area contributed by atoms with Crippen LogP contribution in [0.2, 0.25) is 0 Å². The number of para-hydroxylation sites is 1. The number of nitrogens with zero attached hydrogens (tertiary/aromatic N) is 3. The standard InChI is InChI=1S/C62H69N3O/c1-14-61(12,15-2)51-21-19-22-52(62(13,16-3)17-4)56(51)45-28-29-54(41(7)34-45)65-55-23-18-20-49(57(55)64-59(65)50-33-40(6)32-42(8)58(50)66)46-35-47(37-48(36-46)60(9,10)11)53-38-44(30-31-63-53)43-26-24-39(5)25-27-43/h18-38,66H,14-17H2,1-13H3/i5D3,7D3,24D,25D,26D,27D,30D,31D,38D. The van der Waals surface area contributed by atoms with E-state index in [4.69, 9.17) is 17.3 Å². The van der Waals surface area contributed by atoms with Crippen LogP contribution in [0, 0.1) is 27.6 Å². The minimum absolute atomic E-state index is 0.0214. The van der Waals surface area contributed by atoms with Crippen molar-refractivity contribution in [1.29, 1.82) is 0 Å². The minimum Gasteiger partial charge on any atom is -0.507 e. The molecule has 0 atom stereocenters. The molecule has 8 rings (SSSR count). The summed E-state index contributed by atoms with van der Waals surface area (Å²) in [6.07, 6.45) is 2.90. The fourth-order valence-electron chi connectivity index (χ4n) is 9.27. The molecule has 2 aromatic heterocycles. The topological polar surface area (TPSA) is 50.9 Å². The molecule has 8 aromatic rings. The molecule has 0 saturated heterocycles. The number of aryl methyl sites for hydroxylation is 3. The fraction of sp³-hybridized carbons (Fsp3) is 0.323. The van der Waals surface area contributed by atoms with Crippen LogP contribution in [-0.2, 0) is 16.2 Å². The zero-order valence-electron chi connectivity index (χ0n) is 53.2. The number of aromatic nitrogens is 3. The number of phenols is 1. The lowest BCUT2D eigenvalue weighted by Crippen LogP contribution is -2.25. The molecule has 66 heavy (non-hydrogen) atoms. The lowest BCUT2D eigenvalue weighted by molar-refractivity contribution is 0.426. The van der Waals surface area contributed by atoms with E-state index >= 15 is 0 Å². The van der Waals surface area contributed by atoms with E-state index in [1.807, 2.05) is 92.9 Å². The van der Waals surface area contributed by atoms with Gasteiger partial charge in [-0.25, -0.2) is 4.98 Å². The molecule has 0 aliphatic carbocycles. The Kier molecular flexibility index (Phi) is 8.77. The van der Waals surface area contributed by atoms with Crippen LogP contribution in [0.15, 0.2) is 127 Å². The second-order valence-corrected chi connectivity index (χ2v) is 19.4. The predicted octanol–water partition coefficient (Wildman–Crippen LogP) is 17.1. The summed E-state index contributed by atoms with van der Waals surface area (Å²) in [4.78, 5) is 9.80. The van der Waals surface area contributed by atoms with Gasteiger partial charge in [0.05, 0.1) is 37.6 Å². The Hall–Kier alpha value is -6.26. The van der Waals surface area contributed by atoms with Crippen LogP contribution in [0.5, 0.6) is 5.75 Å². The van der Waals surface area contributed by atoms with E-state index in [1.165, 1.54) is 0 Å². The third kappa shape index (κ3) is 8.40. The molecule has 0 aliphatic heterocycles. The molecule has 0 spiro atoms. The summed E-state index contributed by atoms with van der Waals surface area (Å²) in [5, 5.41) is 12.0. The Morgan fingerprint density at radius 2 is 1.29 bits per heavy atom. The molecule has 0 saturated carbocycles. The third-order valence-electron chi connectivity index (χ3n) is 14.2. The highest BCUT2D eigenvalue weighted by Gasteiger charge is 2.33. The molecule has 1 N–H and O–H groups in total. The van der Waals surface area contributed by atoms with Gasteiger partial charge in [0, 0.05) is 25.5 Å². The first kappa shape index (κ1) is 32.4. The van der Waals surface area contributed by atoms with Crippen LogP contribution in [-0.4, -0.2) is 19.6 Å². The first-order chi connectivity index (χ1) is 36.8. The van der Waals surface area contributed by atoms with E-state index in [-0.39, 0.29) is 27.8 Å². The van der Waals surface area contributed by atoms with E-state index in [0.29, 0.717) is 50.4 Å². The zero-order chi connectivity index (χ0) is 58.4. The summed E-state index contributed by atoms with van der Waals surface area (Å²) in [6.45, 7) is 17.4. The zero-order valence-corrected chi connectivity index (χ0v) is 40.2. The van der Waals surface area contributed by atoms with Crippen LogP contribution >= 0.6 is 0 Å². The second-order valence-electron chi connectivity index (χ2n) is 19.4. The van der Waals surface area contributed by atoms with Crippen LogP contribution in [0.25, 0.3) is 72.7 Å². The van der Waals surface area contributed by atoms with Crippen molar-refractivity contribution >= 4 is 11.0 Å². The van der Waals surface area contributed by atoms with Gasteiger partial charge < -0.3 is 5.11 Å². The molecule has 2 heterocycles. The smallest absolute Gasteiger partial charge is 0.149 e. The third-order valence-corrected chi connectivity index (χ3v) is 14.2.